The van der Waals surface area contributed by atoms with Crippen molar-refractivity contribution in [1.29, 1.82) is 5.26 Å². The van der Waals surface area contributed by atoms with E-state index < -0.39 is 0 Å². The number of hydrogen-bond donors (Lipinski definition) is 0. The Balaban J connectivity index is 1.83. The molecule has 0 N–H and O–H groups in total. The van der Waals surface area contributed by atoms with Crippen molar-refractivity contribution in [2.24, 2.45) is 0 Å². The first-order valence-electron chi connectivity index (χ1n) is 8.50. The van der Waals surface area contributed by atoms with Crippen LogP contribution in [0, 0.1) is 11.3 Å². The van der Waals surface area contributed by atoms with Gasteiger partial charge in [-0.05, 0) is 47.5 Å². The Kier molecular flexibility index (Phi) is 4.32. The van der Waals surface area contributed by atoms with E-state index in [1.165, 1.54) is 0 Å². The summed E-state index contributed by atoms with van der Waals surface area (Å²) in [6, 6.07) is 26.2. The zero-order valence-corrected chi connectivity index (χ0v) is 14.2. The summed E-state index contributed by atoms with van der Waals surface area (Å²) in [6.45, 7) is 0.707. The maximum Gasteiger partial charge on any atom is 0.0998 e. The molecule has 0 atom stereocenters. The maximum absolute atomic E-state index is 9.50. The minimum absolute atomic E-state index is 0.689. The van der Waals surface area contributed by atoms with Gasteiger partial charge in [0.2, 0.25) is 0 Å². The molecule has 4 rings (SSSR count). The number of nitriles is 1. The minimum Gasteiger partial charge on any atom is -0.343 e. The van der Waals surface area contributed by atoms with Crippen molar-refractivity contribution in [3.63, 3.8) is 0 Å². The van der Waals surface area contributed by atoms with Crippen molar-refractivity contribution in [2.45, 2.75) is 0 Å². The molecule has 2 heterocycles. The molecule has 3 nitrogen and oxygen atoms in total. The summed E-state index contributed by atoms with van der Waals surface area (Å²) in [7, 11) is 0. The summed E-state index contributed by atoms with van der Waals surface area (Å²) in [6.07, 6.45) is 6.06. The van der Waals surface area contributed by atoms with Gasteiger partial charge in [-0.3, -0.25) is 4.98 Å². The molecule has 1 aliphatic rings. The second-order valence-corrected chi connectivity index (χ2v) is 6.09. The first-order valence-corrected chi connectivity index (χ1v) is 8.50. The average molecular weight is 335 g/mol. The number of benzene rings is 2. The van der Waals surface area contributed by atoms with Crippen LogP contribution in [-0.2, 0) is 0 Å². The average Bonchev–Trinajstić information content (AvgIpc) is 2.74. The summed E-state index contributed by atoms with van der Waals surface area (Å²) < 4.78 is 0. The fourth-order valence-electron chi connectivity index (χ4n) is 3.15. The molecule has 0 unspecified atom stereocenters. The Hall–Kier alpha value is -3.64. The molecule has 0 saturated heterocycles. The van der Waals surface area contributed by atoms with Crippen molar-refractivity contribution in [1.82, 2.24) is 4.98 Å². The van der Waals surface area contributed by atoms with E-state index in [1.807, 2.05) is 60.7 Å². The molecule has 1 aromatic heterocycles. The zero-order valence-electron chi connectivity index (χ0n) is 14.2. The largest absolute Gasteiger partial charge is 0.343 e. The standard InChI is InChI=1S/C23H17N3/c24-15-18-8-4-5-11-22(18)19-14-20(23-12-6-7-13-25-23)17-26(16-19)21-9-2-1-3-10-21/h1-14,17H,16H2. The predicted octanol–water partition coefficient (Wildman–Crippen LogP) is 4.90. The molecule has 0 spiro atoms. The Morgan fingerprint density at radius 1 is 0.885 bits per heavy atom. The molecule has 0 aliphatic carbocycles. The maximum atomic E-state index is 9.50. The summed E-state index contributed by atoms with van der Waals surface area (Å²) in [4.78, 5) is 6.70. The Bertz CT molecular complexity index is 1010. The van der Waals surface area contributed by atoms with E-state index in [9.17, 15) is 5.26 Å². The van der Waals surface area contributed by atoms with Crippen molar-refractivity contribution in [2.75, 3.05) is 11.4 Å². The van der Waals surface area contributed by atoms with E-state index in [0.717, 1.165) is 28.1 Å². The Morgan fingerprint density at radius 2 is 1.65 bits per heavy atom. The Labute approximate surface area is 153 Å². The highest BCUT2D eigenvalue weighted by Gasteiger charge is 2.18. The number of para-hydroxylation sites is 1. The van der Waals surface area contributed by atoms with Gasteiger partial charge in [0.05, 0.1) is 17.3 Å². The van der Waals surface area contributed by atoms with Crippen LogP contribution < -0.4 is 4.90 Å². The minimum atomic E-state index is 0.689. The van der Waals surface area contributed by atoms with E-state index in [4.69, 9.17) is 0 Å². The summed E-state index contributed by atoms with van der Waals surface area (Å²) in [5.41, 5.74) is 5.82. The summed E-state index contributed by atoms with van der Waals surface area (Å²) >= 11 is 0. The highest BCUT2D eigenvalue weighted by atomic mass is 15.1. The molecular formula is C23H17N3. The lowest BCUT2D eigenvalue weighted by Crippen LogP contribution is -2.22. The SMILES string of the molecule is N#Cc1ccccc1C1=CC(c2ccccn2)=CN(c2ccccc2)C1. The second-order valence-electron chi connectivity index (χ2n) is 6.09. The number of allylic oxidation sites excluding steroid dienone is 2. The van der Waals surface area contributed by atoms with E-state index in [1.54, 1.807) is 6.20 Å². The topological polar surface area (TPSA) is 39.9 Å². The van der Waals surface area contributed by atoms with Crippen molar-refractivity contribution in [3.8, 4) is 6.07 Å². The van der Waals surface area contributed by atoms with Gasteiger partial charge < -0.3 is 4.90 Å². The number of rotatable bonds is 3. The van der Waals surface area contributed by atoms with Crippen LogP contribution in [0.25, 0.3) is 11.1 Å². The van der Waals surface area contributed by atoms with Gasteiger partial charge in [0, 0.05) is 30.2 Å². The molecule has 3 aromatic rings. The van der Waals surface area contributed by atoms with Gasteiger partial charge in [0.15, 0.2) is 0 Å². The van der Waals surface area contributed by atoms with Gasteiger partial charge in [0.25, 0.3) is 0 Å². The highest BCUT2D eigenvalue weighted by molar-refractivity contribution is 5.89. The lowest BCUT2D eigenvalue weighted by atomic mass is 9.95. The van der Waals surface area contributed by atoms with Crippen LogP contribution in [0.3, 0.4) is 0 Å². The third kappa shape index (κ3) is 3.13. The van der Waals surface area contributed by atoms with Crippen molar-refractivity contribution < 1.29 is 0 Å². The lowest BCUT2D eigenvalue weighted by molar-refractivity contribution is 1.08. The van der Waals surface area contributed by atoms with E-state index in [2.05, 4.69) is 40.4 Å². The van der Waals surface area contributed by atoms with Crippen LogP contribution in [0.15, 0.2) is 91.3 Å². The molecule has 0 radical (unpaired) electrons. The second kappa shape index (κ2) is 7.08. The van der Waals surface area contributed by atoms with Crippen LogP contribution in [0.4, 0.5) is 5.69 Å². The van der Waals surface area contributed by atoms with Crippen LogP contribution >= 0.6 is 0 Å². The van der Waals surface area contributed by atoms with Crippen LogP contribution in [-0.4, -0.2) is 11.5 Å². The quantitative estimate of drug-likeness (QED) is 0.683. The van der Waals surface area contributed by atoms with E-state index in [-0.39, 0.29) is 0 Å². The van der Waals surface area contributed by atoms with E-state index in [0.29, 0.717) is 12.1 Å². The number of anilines is 1. The van der Waals surface area contributed by atoms with Crippen LogP contribution in [0.1, 0.15) is 16.8 Å². The number of aromatic nitrogens is 1. The van der Waals surface area contributed by atoms with Gasteiger partial charge in [-0.25, -0.2) is 0 Å². The van der Waals surface area contributed by atoms with Gasteiger partial charge in [-0.1, -0.05) is 42.5 Å². The highest BCUT2D eigenvalue weighted by Crippen LogP contribution is 2.31. The molecule has 0 amide bonds. The molecule has 26 heavy (non-hydrogen) atoms. The van der Waals surface area contributed by atoms with Gasteiger partial charge >= 0.3 is 0 Å². The van der Waals surface area contributed by atoms with Crippen molar-refractivity contribution in [3.05, 3.63) is 108 Å². The number of pyridine rings is 1. The molecule has 0 bridgehead atoms. The molecule has 2 aromatic carbocycles. The zero-order chi connectivity index (χ0) is 17.8. The number of hydrogen-bond acceptors (Lipinski definition) is 3. The fraction of sp³-hybridized carbons (Fsp3) is 0.0435. The third-order valence-corrected chi connectivity index (χ3v) is 4.41. The molecule has 3 heteroatoms. The first-order chi connectivity index (χ1) is 12.8. The van der Waals surface area contributed by atoms with Crippen molar-refractivity contribution >= 4 is 16.8 Å². The predicted molar refractivity (Wildman–Crippen MR) is 105 cm³/mol. The molecule has 0 saturated carbocycles. The molecular weight excluding hydrogens is 318 g/mol. The fourth-order valence-corrected chi connectivity index (χ4v) is 3.15. The van der Waals surface area contributed by atoms with Gasteiger partial charge in [-0.2, -0.15) is 5.26 Å². The van der Waals surface area contributed by atoms with E-state index >= 15 is 0 Å². The molecule has 1 aliphatic heterocycles. The number of nitrogens with zero attached hydrogens (tertiary/aromatic N) is 3. The molecule has 124 valence electrons. The summed E-state index contributed by atoms with van der Waals surface area (Å²) in [5.74, 6) is 0. The van der Waals surface area contributed by atoms with Crippen LogP contribution in [0.2, 0.25) is 0 Å². The van der Waals surface area contributed by atoms with Gasteiger partial charge in [-0.15, -0.1) is 0 Å². The van der Waals surface area contributed by atoms with Crippen LogP contribution in [0.5, 0.6) is 0 Å². The monoisotopic (exact) mass is 335 g/mol. The Morgan fingerprint density at radius 3 is 2.42 bits per heavy atom. The normalized spacial score (nSPS) is 13.6. The summed E-state index contributed by atoms with van der Waals surface area (Å²) in [5, 5.41) is 9.50. The smallest absolute Gasteiger partial charge is 0.0998 e. The van der Waals surface area contributed by atoms with Gasteiger partial charge in [0.1, 0.15) is 0 Å². The molecule has 0 fully saturated rings. The third-order valence-electron chi connectivity index (χ3n) is 4.41. The first kappa shape index (κ1) is 15.9. The lowest BCUT2D eigenvalue weighted by Gasteiger charge is -2.28.